The highest BCUT2D eigenvalue weighted by molar-refractivity contribution is 7.14. The molecule has 0 bridgehead atoms. The van der Waals surface area contributed by atoms with Gasteiger partial charge in [0.2, 0.25) is 0 Å². The molecular weight excluding hydrogens is 331 g/mol. The third-order valence-electron chi connectivity index (χ3n) is 3.09. The number of thiazole rings is 1. The number of halogens is 1. The van der Waals surface area contributed by atoms with Gasteiger partial charge in [-0.3, -0.25) is 10.3 Å². The molecule has 0 aliphatic heterocycles. The maximum absolute atomic E-state index is 13.2. The summed E-state index contributed by atoms with van der Waals surface area (Å²) < 4.78 is 18.2. The number of methoxy groups -OCH3 is 1. The second-order valence-electron chi connectivity index (χ2n) is 4.70. The number of anilines is 2. The lowest BCUT2D eigenvalue weighted by Gasteiger charge is -2.10. The average molecular weight is 344 g/mol. The highest BCUT2D eigenvalue weighted by atomic mass is 32.1. The molecule has 6 nitrogen and oxygen atoms in total. The number of carbonyl (C=O) groups excluding carboxylic acids is 1. The van der Waals surface area contributed by atoms with E-state index in [4.69, 9.17) is 4.74 Å². The molecule has 0 saturated heterocycles. The van der Waals surface area contributed by atoms with Crippen LogP contribution < -0.4 is 15.4 Å². The molecule has 0 saturated carbocycles. The summed E-state index contributed by atoms with van der Waals surface area (Å²) in [5.41, 5.74) is 1.95. The summed E-state index contributed by atoms with van der Waals surface area (Å²) in [7, 11) is 1.40. The fraction of sp³-hybridized carbons (Fsp3) is 0.0625. The number of aromatic nitrogens is 2. The Morgan fingerprint density at radius 2 is 2.17 bits per heavy atom. The first kappa shape index (κ1) is 15.9. The Balaban J connectivity index is 1.69. The molecular formula is C16H13FN4O2S. The number of hydrogen-bond donors (Lipinski definition) is 2. The molecule has 2 aromatic heterocycles. The van der Waals surface area contributed by atoms with Gasteiger partial charge < -0.3 is 10.1 Å². The van der Waals surface area contributed by atoms with Gasteiger partial charge >= 0.3 is 6.03 Å². The maximum atomic E-state index is 13.2. The molecule has 122 valence electrons. The van der Waals surface area contributed by atoms with E-state index in [-0.39, 0.29) is 5.75 Å². The largest absolute Gasteiger partial charge is 0.494 e. The van der Waals surface area contributed by atoms with E-state index in [0.717, 1.165) is 11.3 Å². The van der Waals surface area contributed by atoms with Crippen LogP contribution in [0.4, 0.5) is 20.0 Å². The molecule has 0 fully saturated rings. The molecule has 0 aliphatic carbocycles. The Bertz CT molecular complexity index is 854. The van der Waals surface area contributed by atoms with Crippen LogP contribution in [0.5, 0.6) is 5.75 Å². The third-order valence-corrected chi connectivity index (χ3v) is 3.85. The van der Waals surface area contributed by atoms with Crippen molar-refractivity contribution in [2.45, 2.75) is 0 Å². The van der Waals surface area contributed by atoms with Crippen molar-refractivity contribution in [3.63, 3.8) is 0 Å². The first-order valence-electron chi connectivity index (χ1n) is 6.93. The van der Waals surface area contributed by atoms with Crippen LogP contribution in [-0.4, -0.2) is 23.1 Å². The van der Waals surface area contributed by atoms with Crippen LogP contribution in [0.15, 0.2) is 48.1 Å². The molecule has 0 unspecified atom stereocenters. The van der Waals surface area contributed by atoms with Crippen molar-refractivity contribution in [2.75, 3.05) is 17.7 Å². The molecule has 0 spiro atoms. The number of rotatable bonds is 4. The number of pyridine rings is 1. The second kappa shape index (κ2) is 7.05. The van der Waals surface area contributed by atoms with Crippen molar-refractivity contribution in [3.05, 3.63) is 53.9 Å². The van der Waals surface area contributed by atoms with E-state index in [1.807, 2.05) is 17.5 Å². The molecule has 2 amide bonds. The number of amides is 2. The predicted molar refractivity (Wildman–Crippen MR) is 90.9 cm³/mol. The van der Waals surface area contributed by atoms with Crippen molar-refractivity contribution >= 4 is 28.2 Å². The van der Waals surface area contributed by atoms with Crippen molar-refractivity contribution < 1.29 is 13.9 Å². The summed E-state index contributed by atoms with van der Waals surface area (Å²) in [6, 6.07) is 7.06. The van der Waals surface area contributed by atoms with Gasteiger partial charge in [-0.15, -0.1) is 11.3 Å². The van der Waals surface area contributed by atoms with Gasteiger partial charge in [-0.2, -0.15) is 0 Å². The van der Waals surface area contributed by atoms with Gasteiger partial charge in [0.05, 0.1) is 18.5 Å². The Kier molecular flexibility index (Phi) is 4.66. The number of nitrogens with zero attached hydrogens (tertiary/aromatic N) is 2. The molecule has 24 heavy (non-hydrogen) atoms. The van der Waals surface area contributed by atoms with E-state index in [2.05, 4.69) is 20.6 Å². The van der Waals surface area contributed by atoms with E-state index in [1.165, 1.54) is 36.6 Å². The van der Waals surface area contributed by atoms with E-state index >= 15 is 0 Å². The average Bonchev–Trinajstić information content (AvgIpc) is 3.05. The summed E-state index contributed by atoms with van der Waals surface area (Å²) in [6.45, 7) is 0. The van der Waals surface area contributed by atoms with E-state index in [9.17, 15) is 9.18 Å². The van der Waals surface area contributed by atoms with Gasteiger partial charge in [0.1, 0.15) is 11.6 Å². The van der Waals surface area contributed by atoms with Gasteiger partial charge in [-0.05, 0) is 24.3 Å². The molecule has 2 heterocycles. The van der Waals surface area contributed by atoms with E-state index in [0.29, 0.717) is 10.8 Å². The number of ether oxygens (including phenoxy) is 1. The lowest BCUT2D eigenvalue weighted by Crippen LogP contribution is -2.19. The number of urea groups is 1. The molecule has 1 aromatic carbocycles. The number of carbonyl (C=O) groups is 1. The Morgan fingerprint density at radius 1 is 1.29 bits per heavy atom. The van der Waals surface area contributed by atoms with Crippen molar-refractivity contribution in [3.8, 4) is 17.0 Å². The SMILES string of the molecule is COc1cc(F)ccc1NC(=O)Nc1nc(-c2cccnc2)cs1. The highest BCUT2D eigenvalue weighted by Gasteiger charge is 2.11. The standard InChI is InChI=1S/C16H13FN4O2S/c1-23-14-7-11(17)4-5-12(14)19-15(22)21-16-20-13(9-24-16)10-3-2-6-18-8-10/h2-9H,1H3,(H2,19,20,21,22). The Morgan fingerprint density at radius 3 is 2.92 bits per heavy atom. The smallest absolute Gasteiger partial charge is 0.325 e. The zero-order valence-electron chi connectivity index (χ0n) is 12.6. The number of nitrogens with one attached hydrogen (secondary N) is 2. The summed E-state index contributed by atoms with van der Waals surface area (Å²) in [4.78, 5) is 20.4. The van der Waals surface area contributed by atoms with Gasteiger partial charge in [0.15, 0.2) is 5.13 Å². The first-order chi connectivity index (χ1) is 11.7. The highest BCUT2D eigenvalue weighted by Crippen LogP contribution is 2.26. The molecule has 8 heteroatoms. The summed E-state index contributed by atoms with van der Waals surface area (Å²) >= 11 is 1.29. The minimum Gasteiger partial charge on any atom is -0.494 e. The fourth-order valence-electron chi connectivity index (χ4n) is 2.00. The fourth-order valence-corrected chi connectivity index (χ4v) is 2.71. The summed E-state index contributed by atoms with van der Waals surface area (Å²) in [5, 5.41) is 7.49. The summed E-state index contributed by atoms with van der Waals surface area (Å²) in [5.74, 6) is -0.209. The van der Waals surface area contributed by atoms with Crippen LogP contribution in [-0.2, 0) is 0 Å². The molecule has 2 N–H and O–H groups in total. The van der Waals surface area contributed by atoms with E-state index < -0.39 is 11.8 Å². The van der Waals surface area contributed by atoms with E-state index in [1.54, 1.807) is 12.4 Å². The molecule has 0 aliphatic rings. The molecule has 0 atom stereocenters. The molecule has 3 rings (SSSR count). The predicted octanol–water partition coefficient (Wildman–Crippen LogP) is 4.00. The molecule has 3 aromatic rings. The quantitative estimate of drug-likeness (QED) is 0.750. The Labute approximate surface area is 141 Å². The zero-order valence-corrected chi connectivity index (χ0v) is 13.4. The number of benzene rings is 1. The maximum Gasteiger partial charge on any atom is 0.325 e. The lowest BCUT2D eigenvalue weighted by molar-refractivity contribution is 0.262. The second-order valence-corrected chi connectivity index (χ2v) is 5.56. The van der Waals surface area contributed by atoms with Crippen LogP contribution in [0.3, 0.4) is 0 Å². The topological polar surface area (TPSA) is 76.1 Å². The number of hydrogen-bond acceptors (Lipinski definition) is 5. The van der Waals surface area contributed by atoms with Gasteiger partial charge in [-0.25, -0.2) is 14.2 Å². The minimum atomic E-state index is -0.494. The third kappa shape index (κ3) is 3.66. The van der Waals surface area contributed by atoms with Crippen LogP contribution in [0.2, 0.25) is 0 Å². The van der Waals surface area contributed by atoms with Gasteiger partial charge in [-0.1, -0.05) is 0 Å². The zero-order chi connectivity index (χ0) is 16.9. The Hall–Kier alpha value is -3.00. The van der Waals surface area contributed by atoms with Crippen LogP contribution >= 0.6 is 11.3 Å². The minimum absolute atomic E-state index is 0.236. The normalized spacial score (nSPS) is 10.2. The molecule has 0 radical (unpaired) electrons. The van der Waals surface area contributed by atoms with Crippen LogP contribution in [0, 0.1) is 5.82 Å². The van der Waals surface area contributed by atoms with Gasteiger partial charge in [0, 0.05) is 29.4 Å². The summed E-state index contributed by atoms with van der Waals surface area (Å²) in [6.07, 6.45) is 3.38. The van der Waals surface area contributed by atoms with Crippen molar-refractivity contribution in [1.82, 2.24) is 9.97 Å². The van der Waals surface area contributed by atoms with Crippen LogP contribution in [0.1, 0.15) is 0 Å². The lowest BCUT2D eigenvalue weighted by atomic mass is 10.2. The van der Waals surface area contributed by atoms with Crippen molar-refractivity contribution in [2.24, 2.45) is 0 Å². The first-order valence-corrected chi connectivity index (χ1v) is 7.81. The monoisotopic (exact) mass is 344 g/mol. The van der Waals surface area contributed by atoms with Crippen LogP contribution in [0.25, 0.3) is 11.3 Å². The van der Waals surface area contributed by atoms with Crippen molar-refractivity contribution in [1.29, 1.82) is 0 Å². The van der Waals surface area contributed by atoms with Gasteiger partial charge in [0.25, 0.3) is 0 Å².